The zero-order valence-electron chi connectivity index (χ0n) is 10.1. The van der Waals surface area contributed by atoms with Gasteiger partial charge in [-0.3, -0.25) is 9.63 Å². The Balaban J connectivity index is 1.76. The first-order valence-corrected chi connectivity index (χ1v) is 6.52. The zero-order valence-corrected chi connectivity index (χ0v) is 10.9. The average molecular weight is 269 g/mol. The van der Waals surface area contributed by atoms with Crippen LogP contribution in [-0.2, 0) is 4.84 Å². The molecule has 0 saturated carbocycles. The lowest BCUT2D eigenvalue weighted by Crippen LogP contribution is -2.35. The molecule has 98 valence electrons. The maximum atomic E-state index is 11.8. The number of halogens is 1. The highest BCUT2D eigenvalue weighted by molar-refractivity contribution is 6.33. The first kappa shape index (κ1) is 13.3. The second kappa shape index (κ2) is 6.73. The van der Waals surface area contributed by atoms with E-state index >= 15 is 0 Å². The molecule has 0 aliphatic carbocycles. The van der Waals surface area contributed by atoms with Gasteiger partial charge < -0.3 is 5.32 Å². The molecule has 1 atom stereocenters. The van der Waals surface area contributed by atoms with Crippen LogP contribution < -0.4 is 10.8 Å². The molecule has 0 spiro atoms. The number of hydrogen-bond acceptors (Lipinski definition) is 3. The lowest BCUT2D eigenvalue weighted by atomic mass is 10.0. The summed E-state index contributed by atoms with van der Waals surface area (Å²) < 4.78 is 0. The summed E-state index contributed by atoms with van der Waals surface area (Å²) in [6, 6.07) is 6.91. The van der Waals surface area contributed by atoms with Crippen LogP contribution in [0.2, 0.25) is 5.02 Å². The van der Waals surface area contributed by atoms with Crippen molar-refractivity contribution in [2.45, 2.75) is 12.8 Å². The Labute approximate surface area is 112 Å². The Kier molecular flexibility index (Phi) is 4.99. The van der Waals surface area contributed by atoms with Crippen LogP contribution in [0.1, 0.15) is 23.2 Å². The van der Waals surface area contributed by atoms with E-state index in [1.54, 1.807) is 24.3 Å². The van der Waals surface area contributed by atoms with E-state index in [-0.39, 0.29) is 5.91 Å². The molecule has 2 rings (SSSR count). The van der Waals surface area contributed by atoms with E-state index < -0.39 is 0 Å². The molecule has 18 heavy (non-hydrogen) atoms. The van der Waals surface area contributed by atoms with Crippen molar-refractivity contribution < 1.29 is 9.63 Å². The quantitative estimate of drug-likeness (QED) is 0.822. The number of carbonyl (C=O) groups excluding carboxylic acids is 1. The highest BCUT2D eigenvalue weighted by atomic mass is 35.5. The molecule has 0 aromatic heterocycles. The summed E-state index contributed by atoms with van der Waals surface area (Å²) in [5.41, 5.74) is 2.87. The summed E-state index contributed by atoms with van der Waals surface area (Å²) in [6.07, 6.45) is 2.29. The van der Waals surface area contributed by atoms with Gasteiger partial charge in [-0.1, -0.05) is 23.7 Å². The van der Waals surface area contributed by atoms with Crippen molar-refractivity contribution >= 4 is 17.5 Å². The maximum absolute atomic E-state index is 11.8. The van der Waals surface area contributed by atoms with Gasteiger partial charge in [0.25, 0.3) is 5.91 Å². The van der Waals surface area contributed by atoms with Gasteiger partial charge in [-0.05, 0) is 37.4 Å². The molecule has 1 aliphatic rings. The normalized spacial score (nSPS) is 19.5. The average Bonchev–Trinajstić information content (AvgIpc) is 2.40. The molecule has 0 bridgehead atoms. The molecule has 1 aromatic carbocycles. The molecule has 1 aromatic rings. The first-order chi connectivity index (χ1) is 8.77. The number of piperidine rings is 1. The minimum atomic E-state index is -0.302. The van der Waals surface area contributed by atoms with Crippen LogP contribution >= 0.6 is 11.6 Å². The number of carbonyl (C=O) groups is 1. The molecule has 1 fully saturated rings. The summed E-state index contributed by atoms with van der Waals surface area (Å²) in [4.78, 5) is 17.0. The van der Waals surface area contributed by atoms with E-state index in [1.165, 1.54) is 0 Å². The van der Waals surface area contributed by atoms with Crippen molar-refractivity contribution in [3.05, 3.63) is 34.9 Å². The molecular formula is C13H17ClN2O2. The van der Waals surface area contributed by atoms with Gasteiger partial charge in [-0.25, -0.2) is 5.48 Å². The number of amides is 1. The SMILES string of the molecule is O=C(NOCC1CCCNC1)c1ccccc1Cl. The molecule has 0 radical (unpaired) electrons. The van der Waals surface area contributed by atoms with E-state index in [0.717, 1.165) is 25.9 Å². The van der Waals surface area contributed by atoms with E-state index in [2.05, 4.69) is 10.8 Å². The van der Waals surface area contributed by atoms with Gasteiger partial charge in [0.15, 0.2) is 0 Å². The Morgan fingerprint density at radius 2 is 2.33 bits per heavy atom. The third-order valence-corrected chi connectivity index (χ3v) is 3.33. The van der Waals surface area contributed by atoms with E-state index in [0.29, 0.717) is 23.1 Å². The molecule has 2 N–H and O–H groups in total. The topological polar surface area (TPSA) is 50.4 Å². The summed E-state index contributed by atoms with van der Waals surface area (Å²) in [5, 5.41) is 3.73. The third-order valence-electron chi connectivity index (χ3n) is 3.00. The molecule has 4 nitrogen and oxygen atoms in total. The van der Waals surface area contributed by atoms with Crippen molar-refractivity contribution in [2.75, 3.05) is 19.7 Å². The fraction of sp³-hybridized carbons (Fsp3) is 0.462. The van der Waals surface area contributed by atoms with Crippen LogP contribution in [-0.4, -0.2) is 25.6 Å². The third kappa shape index (κ3) is 3.70. The Hall–Kier alpha value is -1.10. The summed E-state index contributed by atoms with van der Waals surface area (Å²) in [5.74, 6) is 0.162. The lowest BCUT2D eigenvalue weighted by Gasteiger charge is -2.22. The molecule has 1 saturated heterocycles. The van der Waals surface area contributed by atoms with Crippen molar-refractivity contribution in [1.29, 1.82) is 0 Å². The fourth-order valence-electron chi connectivity index (χ4n) is 1.99. The van der Waals surface area contributed by atoms with Gasteiger partial charge in [0.2, 0.25) is 0 Å². The van der Waals surface area contributed by atoms with Gasteiger partial charge in [0.1, 0.15) is 0 Å². The van der Waals surface area contributed by atoms with Crippen molar-refractivity contribution in [1.82, 2.24) is 10.8 Å². The highest BCUT2D eigenvalue weighted by Crippen LogP contribution is 2.14. The summed E-state index contributed by atoms with van der Waals surface area (Å²) in [7, 11) is 0. The van der Waals surface area contributed by atoms with Gasteiger partial charge in [0.05, 0.1) is 17.2 Å². The molecular weight excluding hydrogens is 252 g/mol. The Morgan fingerprint density at radius 3 is 3.06 bits per heavy atom. The Bertz CT molecular complexity index is 406. The number of hydroxylamine groups is 1. The predicted octanol–water partition coefficient (Wildman–Crippen LogP) is 2.00. The molecule has 5 heteroatoms. The van der Waals surface area contributed by atoms with Crippen LogP contribution in [0.5, 0.6) is 0 Å². The van der Waals surface area contributed by atoms with Crippen molar-refractivity contribution in [2.24, 2.45) is 5.92 Å². The largest absolute Gasteiger partial charge is 0.316 e. The first-order valence-electron chi connectivity index (χ1n) is 6.15. The monoisotopic (exact) mass is 268 g/mol. The summed E-state index contributed by atoms with van der Waals surface area (Å²) in [6.45, 7) is 2.55. The molecule has 1 unspecified atom stereocenters. The maximum Gasteiger partial charge on any atom is 0.276 e. The van der Waals surface area contributed by atoms with Crippen molar-refractivity contribution in [3.8, 4) is 0 Å². The predicted molar refractivity (Wildman–Crippen MR) is 70.5 cm³/mol. The van der Waals surface area contributed by atoms with Crippen LogP contribution in [0.25, 0.3) is 0 Å². The van der Waals surface area contributed by atoms with E-state index in [9.17, 15) is 4.79 Å². The Morgan fingerprint density at radius 1 is 1.50 bits per heavy atom. The van der Waals surface area contributed by atoms with E-state index in [4.69, 9.17) is 16.4 Å². The smallest absolute Gasteiger partial charge is 0.276 e. The van der Waals surface area contributed by atoms with Gasteiger partial charge in [0, 0.05) is 6.54 Å². The summed E-state index contributed by atoms with van der Waals surface area (Å²) >= 11 is 5.92. The van der Waals surface area contributed by atoms with Gasteiger partial charge >= 0.3 is 0 Å². The van der Waals surface area contributed by atoms with Crippen LogP contribution in [0.3, 0.4) is 0 Å². The molecule has 1 amide bonds. The standard InChI is InChI=1S/C13H17ClN2O2/c14-12-6-2-1-5-11(12)13(17)16-18-9-10-4-3-7-15-8-10/h1-2,5-6,10,15H,3-4,7-9H2,(H,16,17). The fourth-order valence-corrected chi connectivity index (χ4v) is 2.21. The van der Waals surface area contributed by atoms with Crippen LogP contribution in [0.4, 0.5) is 0 Å². The molecule has 1 aliphatic heterocycles. The zero-order chi connectivity index (χ0) is 12.8. The second-order valence-corrected chi connectivity index (χ2v) is 4.84. The van der Waals surface area contributed by atoms with E-state index in [1.807, 2.05) is 0 Å². The minimum Gasteiger partial charge on any atom is -0.316 e. The number of benzene rings is 1. The number of rotatable bonds is 4. The molecule has 1 heterocycles. The van der Waals surface area contributed by atoms with Crippen LogP contribution in [0.15, 0.2) is 24.3 Å². The highest BCUT2D eigenvalue weighted by Gasteiger charge is 2.14. The van der Waals surface area contributed by atoms with Gasteiger partial charge in [-0.2, -0.15) is 0 Å². The lowest BCUT2D eigenvalue weighted by molar-refractivity contribution is 0.0128. The van der Waals surface area contributed by atoms with Crippen molar-refractivity contribution in [3.63, 3.8) is 0 Å². The van der Waals surface area contributed by atoms with Gasteiger partial charge in [-0.15, -0.1) is 0 Å². The second-order valence-electron chi connectivity index (χ2n) is 4.43. The minimum absolute atomic E-state index is 0.302. The number of hydrogen-bond donors (Lipinski definition) is 2. The number of nitrogens with one attached hydrogen (secondary N) is 2. The van der Waals surface area contributed by atoms with Crippen LogP contribution in [0, 0.1) is 5.92 Å².